The molecule has 1 heterocycles. The lowest BCUT2D eigenvalue weighted by molar-refractivity contribution is 0.287. The average molecular weight is 214 g/mol. The highest BCUT2D eigenvalue weighted by Crippen LogP contribution is 2.33. The van der Waals surface area contributed by atoms with Gasteiger partial charge in [-0.1, -0.05) is 36.4 Å². The normalized spacial score (nSPS) is 16.0. The molecule has 0 saturated carbocycles. The molecule has 1 aromatic carbocycles. The summed E-state index contributed by atoms with van der Waals surface area (Å²) >= 11 is 0. The van der Waals surface area contributed by atoms with Gasteiger partial charge < -0.3 is 4.74 Å². The molecule has 0 aliphatic carbocycles. The van der Waals surface area contributed by atoms with Crippen molar-refractivity contribution in [2.75, 3.05) is 6.61 Å². The lowest BCUT2D eigenvalue weighted by Crippen LogP contribution is -2.09. The van der Waals surface area contributed by atoms with E-state index in [2.05, 4.69) is 37.3 Å². The molecule has 2 rings (SSSR count). The Morgan fingerprint density at radius 3 is 3.06 bits per heavy atom. The Hall–Kier alpha value is -1.50. The molecule has 0 spiro atoms. The molecule has 0 atom stereocenters. The fourth-order valence-electron chi connectivity index (χ4n) is 2.03. The van der Waals surface area contributed by atoms with Crippen molar-refractivity contribution in [3.05, 3.63) is 47.6 Å². The van der Waals surface area contributed by atoms with E-state index < -0.39 is 0 Å². The number of allylic oxidation sites excluding steroid dienone is 4. The van der Waals surface area contributed by atoms with E-state index in [0.717, 1.165) is 25.2 Å². The van der Waals surface area contributed by atoms with Crippen molar-refractivity contribution < 1.29 is 4.74 Å². The molecule has 16 heavy (non-hydrogen) atoms. The third kappa shape index (κ3) is 2.19. The van der Waals surface area contributed by atoms with E-state index >= 15 is 0 Å². The number of ether oxygens (including phenoxy) is 1. The van der Waals surface area contributed by atoms with Gasteiger partial charge in [-0.15, -0.1) is 0 Å². The molecule has 1 aromatic rings. The van der Waals surface area contributed by atoms with Crippen LogP contribution in [0.1, 0.15) is 31.4 Å². The Labute approximate surface area is 97.4 Å². The summed E-state index contributed by atoms with van der Waals surface area (Å²) in [7, 11) is 0. The molecule has 0 bridgehead atoms. The molecule has 0 N–H and O–H groups in total. The highest BCUT2D eigenvalue weighted by Gasteiger charge is 2.14. The first-order valence-electron chi connectivity index (χ1n) is 5.87. The van der Waals surface area contributed by atoms with Crippen LogP contribution in [0.25, 0.3) is 5.57 Å². The Balaban J connectivity index is 2.41. The molecule has 0 radical (unpaired) electrons. The summed E-state index contributed by atoms with van der Waals surface area (Å²) in [6.07, 6.45) is 8.51. The summed E-state index contributed by atoms with van der Waals surface area (Å²) in [5.74, 6) is 1.09. The number of benzene rings is 1. The van der Waals surface area contributed by atoms with Crippen molar-refractivity contribution in [2.24, 2.45) is 0 Å². The summed E-state index contributed by atoms with van der Waals surface area (Å²) in [6.45, 7) is 5.01. The third-order valence-electron chi connectivity index (χ3n) is 2.90. The van der Waals surface area contributed by atoms with Crippen LogP contribution in [-0.4, -0.2) is 6.61 Å². The summed E-state index contributed by atoms with van der Waals surface area (Å²) in [4.78, 5) is 0. The van der Waals surface area contributed by atoms with Crippen LogP contribution in [0.15, 0.2) is 36.4 Å². The van der Waals surface area contributed by atoms with E-state index in [9.17, 15) is 0 Å². The van der Waals surface area contributed by atoms with Gasteiger partial charge in [-0.05, 0) is 37.8 Å². The zero-order chi connectivity index (χ0) is 11.4. The Morgan fingerprint density at radius 1 is 1.38 bits per heavy atom. The highest BCUT2D eigenvalue weighted by atomic mass is 16.5. The van der Waals surface area contributed by atoms with Crippen LogP contribution in [-0.2, 0) is 6.42 Å². The number of rotatable bonds is 2. The molecule has 0 fully saturated rings. The van der Waals surface area contributed by atoms with E-state index in [1.807, 2.05) is 13.0 Å². The molecular weight excluding hydrogens is 196 g/mol. The zero-order valence-electron chi connectivity index (χ0n) is 9.99. The molecule has 0 unspecified atom stereocenters. The zero-order valence-corrected chi connectivity index (χ0v) is 9.99. The van der Waals surface area contributed by atoms with Crippen LogP contribution in [0.3, 0.4) is 0 Å². The molecule has 0 aromatic heterocycles. The fourth-order valence-corrected chi connectivity index (χ4v) is 2.03. The number of fused-ring (bicyclic) bond motifs is 1. The second-order valence-electron chi connectivity index (χ2n) is 4.12. The third-order valence-corrected chi connectivity index (χ3v) is 2.90. The van der Waals surface area contributed by atoms with E-state index in [1.54, 1.807) is 0 Å². The summed E-state index contributed by atoms with van der Waals surface area (Å²) < 4.78 is 5.79. The van der Waals surface area contributed by atoms with Gasteiger partial charge in [0.2, 0.25) is 0 Å². The lowest BCUT2D eigenvalue weighted by atomic mass is 9.98. The molecule has 1 nitrogen and oxygen atoms in total. The van der Waals surface area contributed by atoms with Gasteiger partial charge in [-0.3, -0.25) is 0 Å². The topological polar surface area (TPSA) is 9.23 Å². The van der Waals surface area contributed by atoms with Gasteiger partial charge in [-0.25, -0.2) is 0 Å². The molecule has 1 aliphatic heterocycles. The van der Waals surface area contributed by atoms with Crippen LogP contribution in [0.4, 0.5) is 0 Å². The van der Waals surface area contributed by atoms with Crippen molar-refractivity contribution in [1.82, 2.24) is 0 Å². The number of hydrogen-bond donors (Lipinski definition) is 0. The standard InChI is InChI=1S/C15H18O/c1-3-4-7-12(2)14-10-5-8-13-9-6-11-16-15(13)14/h3-5,7-8,10H,6,9,11H2,1-2H3/b4-3-,12-7+. The van der Waals surface area contributed by atoms with Crippen LogP contribution in [0, 0.1) is 0 Å². The molecule has 1 aliphatic rings. The second-order valence-corrected chi connectivity index (χ2v) is 4.12. The van der Waals surface area contributed by atoms with Crippen molar-refractivity contribution in [1.29, 1.82) is 0 Å². The monoisotopic (exact) mass is 214 g/mol. The maximum atomic E-state index is 5.79. The Morgan fingerprint density at radius 2 is 2.25 bits per heavy atom. The number of para-hydroxylation sites is 1. The quantitative estimate of drug-likeness (QED) is 0.676. The van der Waals surface area contributed by atoms with Gasteiger partial charge in [0.1, 0.15) is 5.75 Å². The van der Waals surface area contributed by atoms with E-state index in [1.165, 1.54) is 16.7 Å². The summed E-state index contributed by atoms with van der Waals surface area (Å²) in [5, 5.41) is 0. The van der Waals surface area contributed by atoms with Gasteiger partial charge in [0, 0.05) is 5.56 Å². The van der Waals surface area contributed by atoms with Gasteiger partial charge in [0.25, 0.3) is 0 Å². The van der Waals surface area contributed by atoms with Gasteiger partial charge >= 0.3 is 0 Å². The van der Waals surface area contributed by atoms with Crippen molar-refractivity contribution >= 4 is 5.57 Å². The first-order valence-corrected chi connectivity index (χ1v) is 5.87. The summed E-state index contributed by atoms with van der Waals surface area (Å²) in [6, 6.07) is 6.43. The predicted molar refractivity (Wildman–Crippen MR) is 68.7 cm³/mol. The van der Waals surface area contributed by atoms with Crippen LogP contribution in [0.5, 0.6) is 5.75 Å². The molecule has 84 valence electrons. The van der Waals surface area contributed by atoms with Gasteiger partial charge in [-0.2, -0.15) is 0 Å². The average Bonchev–Trinajstić information content (AvgIpc) is 2.35. The largest absolute Gasteiger partial charge is 0.493 e. The second kappa shape index (κ2) is 5.02. The highest BCUT2D eigenvalue weighted by molar-refractivity contribution is 5.71. The minimum absolute atomic E-state index is 0.848. The van der Waals surface area contributed by atoms with Crippen molar-refractivity contribution in [3.63, 3.8) is 0 Å². The van der Waals surface area contributed by atoms with E-state index in [-0.39, 0.29) is 0 Å². The minimum Gasteiger partial charge on any atom is -0.493 e. The van der Waals surface area contributed by atoms with Gasteiger partial charge in [0.15, 0.2) is 0 Å². The summed E-state index contributed by atoms with van der Waals surface area (Å²) in [5.41, 5.74) is 3.84. The Kier molecular flexibility index (Phi) is 3.45. The van der Waals surface area contributed by atoms with Crippen LogP contribution in [0.2, 0.25) is 0 Å². The van der Waals surface area contributed by atoms with Gasteiger partial charge in [0.05, 0.1) is 6.61 Å². The molecule has 0 saturated heterocycles. The minimum atomic E-state index is 0.848. The SMILES string of the molecule is C/C=C\C=C(/C)c1cccc2c1OCCC2. The van der Waals surface area contributed by atoms with Crippen LogP contribution >= 0.6 is 0 Å². The first kappa shape index (κ1) is 11.0. The molecule has 0 amide bonds. The maximum Gasteiger partial charge on any atom is 0.129 e. The predicted octanol–water partition coefficient (Wildman–Crippen LogP) is 3.99. The van der Waals surface area contributed by atoms with E-state index in [0.29, 0.717) is 0 Å². The van der Waals surface area contributed by atoms with Crippen molar-refractivity contribution in [3.8, 4) is 5.75 Å². The fraction of sp³-hybridized carbons (Fsp3) is 0.333. The number of hydrogen-bond acceptors (Lipinski definition) is 1. The maximum absolute atomic E-state index is 5.79. The van der Waals surface area contributed by atoms with Crippen molar-refractivity contribution in [2.45, 2.75) is 26.7 Å². The Bertz CT molecular complexity index is 427. The van der Waals surface area contributed by atoms with Crippen LogP contribution < -0.4 is 4.74 Å². The van der Waals surface area contributed by atoms with E-state index in [4.69, 9.17) is 4.74 Å². The molecular formula is C15H18O. The number of aryl methyl sites for hydroxylation is 1. The lowest BCUT2D eigenvalue weighted by Gasteiger charge is -2.20. The molecule has 1 heteroatoms. The smallest absolute Gasteiger partial charge is 0.129 e. The first-order chi connectivity index (χ1) is 7.83.